The molecule has 7 nitrogen and oxygen atoms in total. The number of carboxylic acids is 1. The predicted molar refractivity (Wildman–Crippen MR) is 73.8 cm³/mol. The Bertz CT molecular complexity index is 489. The number of amides is 1. The van der Waals surface area contributed by atoms with E-state index in [1.165, 1.54) is 11.3 Å². The van der Waals surface area contributed by atoms with Gasteiger partial charge in [0.05, 0.1) is 6.54 Å². The molecule has 0 spiro atoms. The van der Waals surface area contributed by atoms with Gasteiger partial charge in [-0.05, 0) is 19.8 Å². The Hall–Kier alpha value is -1.67. The van der Waals surface area contributed by atoms with Crippen molar-refractivity contribution in [2.75, 3.05) is 18.0 Å². The predicted octanol–water partition coefficient (Wildman–Crippen LogP) is 0.0637. The summed E-state index contributed by atoms with van der Waals surface area (Å²) >= 11 is 1.46. The van der Waals surface area contributed by atoms with Gasteiger partial charge in [0, 0.05) is 18.1 Å². The molecule has 2 heterocycles. The summed E-state index contributed by atoms with van der Waals surface area (Å²) < 4.78 is 0. The molecule has 2 unspecified atom stereocenters. The highest BCUT2D eigenvalue weighted by atomic mass is 32.1. The van der Waals surface area contributed by atoms with Crippen LogP contribution in [0.5, 0.6) is 0 Å². The molecule has 0 bridgehead atoms. The van der Waals surface area contributed by atoms with Crippen LogP contribution in [0.2, 0.25) is 0 Å². The normalized spacial score (nSPS) is 21.5. The Balaban J connectivity index is 1.97. The van der Waals surface area contributed by atoms with Gasteiger partial charge in [0.2, 0.25) is 5.91 Å². The number of carbonyl (C=O) groups excluding carboxylic acids is 1. The van der Waals surface area contributed by atoms with Gasteiger partial charge in [0.25, 0.3) is 0 Å². The molecule has 1 saturated heterocycles. The molecule has 0 radical (unpaired) electrons. The fourth-order valence-electron chi connectivity index (χ4n) is 2.08. The number of rotatable bonds is 5. The average molecular weight is 299 g/mol. The molecule has 0 saturated carbocycles. The third kappa shape index (κ3) is 3.07. The first-order valence-corrected chi connectivity index (χ1v) is 7.19. The maximum absolute atomic E-state index is 12.1. The van der Waals surface area contributed by atoms with E-state index in [1.807, 2.05) is 10.3 Å². The van der Waals surface area contributed by atoms with Crippen LogP contribution in [0.3, 0.4) is 0 Å². The van der Waals surface area contributed by atoms with Crippen molar-refractivity contribution in [3.63, 3.8) is 0 Å². The number of carboxylic acid groups (broad SMARTS) is 1. The van der Waals surface area contributed by atoms with E-state index in [0.29, 0.717) is 6.42 Å². The number of hydrogen-bond acceptors (Lipinski definition) is 6. The summed E-state index contributed by atoms with van der Waals surface area (Å²) in [5.41, 5.74) is -1.96. The molecule has 1 aliphatic rings. The van der Waals surface area contributed by atoms with E-state index in [9.17, 15) is 14.7 Å². The van der Waals surface area contributed by atoms with Gasteiger partial charge in [-0.15, -0.1) is 11.3 Å². The fourth-order valence-corrected chi connectivity index (χ4v) is 2.80. The van der Waals surface area contributed by atoms with Crippen LogP contribution in [0.25, 0.3) is 0 Å². The second-order valence-electron chi connectivity index (χ2n) is 4.96. The highest BCUT2D eigenvalue weighted by Gasteiger charge is 2.35. The van der Waals surface area contributed by atoms with Crippen molar-refractivity contribution in [2.45, 2.75) is 31.4 Å². The molecule has 110 valence electrons. The number of aromatic nitrogens is 1. The van der Waals surface area contributed by atoms with Gasteiger partial charge in [-0.1, -0.05) is 0 Å². The topological polar surface area (TPSA) is 103 Å². The molecule has 8 heteroatoms. The van der Waals surface area contributed by atoms with Gasteiger partial charge in [0.1, 0.15) is 6.04 Å². The first-order chi connectivity index (χ1) is 9.42. The number of aliphatic carboxylic acids is 1. The summed E-state index contributed by atoms with van der Waals surface area (Å²) in [6.45, 7) is 1.59. The zero-order valence-electron chi connectivity index (χ0n) is 11.1. The fraction of sp³-hybridized carbons (Fsp3) is 0.583. The Morgan fingerprint density at radius 1 is 1.65 bits per heavy atom. The second-order valence-corrected chi connectivity index (χ2v) is 5.84. The summed E-state index contributed by atoms with van der Waals surface area (Å²) in [4.78, 5) is 29.0. The average Bonchev–Trinajstić information content (AvgIpc) is 3.05. The number of thiazole rings is 1. The molecular formula is C12H17N3O4S. The number of aliphatic hydroxyl groups is 1. The molecular weight excluding hydrogens is 282 g/mol. The van der Waals surface area contributed by atoms with Crippen molar-refractivity contribution in [1.82, 2.24) is 10.3 Å². The standard InChI is InChI=1S/C12H17N3O4S/c1-12(19,10(17)18)7-14-9(16)8-3-2-5-15(8)11-13-4-6-20-11/h4,6,8,19H,2-3,5,7H2,1H3,(H,14,16)(H,17,18). The lowest BCUT2D eigenvalue weighted by atomic mass is 10.1. The van der Waals surface area contributed by atoms with E-state index in [4.69, 9.17) is 5.11 Å². The Kier molecular flexibility index (Phi) is 4.24. The lowest BCUT2D eigenvalue weighted by Gasteiger charge is -2.25. The highest BCUT2D eigenvalue weighted by molar-refractivity contribution is 7.13. The highest BCUT2D eigenvalue weighted by Crippen LogP contribution is 2.27. The molecule has 2 atom stereocenters. The maximum Gasteiger partial charge on any atom is 0.337 e. The minimum Gasteiger partial charge on any atom is -0.479 e. The number of anilines is 1. The third-order valence-corrected chi connectivity index (χ3v) is 4.10. The zero-order chi connectivity index (χ0) is 14.8. The third-order valence-electron chi connectivity index (χ3n) is 3.29. The molecule has 1 aromatic heterocycles. The lowest BCUT2D eigenvalue weighted by molar-refractivity contribution is -0.156. The Morgan fingerprint density at radius 2 is 2.40 bits per heavy atom. The van der Waals surface area contributed by atoms with Crippen molar-refractivity contribution in [3.8, 4) is 0 Å². The molecule has 1 aromatic rings. The van der Waals surface area contributed by atoms with E-state index < -0.39 is 11.6 Å². The first-order valence-electron chi connectivity index (χ1n) is 6.31. The summed E-state index contributed by atoms with van der Waals surface area (Å²) in [5, 5.41) is 23.5. The van der Waals surface area contributed by atoms with Crippen LogP contribution in [0, 0.1) is 0 Å². The van der Waals surface area contributed by atoms with E-state index in [-0.39, 0.29) is 18.5 Å². The van der Waals surface area contributed by atoms with Crippen LogP contribution in [-0.4, -0.2) is 51.8 Å². The van der Waals surface area contributed by atoms with Crippen molar-refractivity contribution >= 4 is 28.3 Å². The molecule has 1 aliphatic heterocycles. The van der Waals surface area contributed by atoms with Crippen LogP contribution >= 0.6 is 11.3 Å². The van der Waals surface area contributed by atoms with Crippen molar-refractivity contribution in [1.29, 1.82) is 0 Å². The molecule has 0 aromatic carbocycles. The number of nitrogens with zero attached hydrogens (tertiary/aromatic N) is 2. The number of nitrogens with one attached hydrogen (secondary N) is 1. The Morgan fingerprint density at radius 3 is 3.00 bits per heavy atom. The summed E-state index contributed by atoms with van der Waals surface area (Å²) in [7, 11) is 0. The number of carbonyl (C=O) groups is 2. The molecule has 20 heavy (non-hydrogen) atoms. The minimum atomic E-state index is -1.96. The maximum atomic E-state index is 12.1. The largest absolute Gasteiger partial charge is 0.479 e. The quantitative estimate of drug-likeness (QED) is 0.710. The Labute approximate surface area is 120 Å². The van der Waals surface area contributed by atoms with Crippen molar-refractivity contribution in [2.24, 2.45) is 0 Å². The SMILES string of the molecule is CC(O)(CNC(=O)C1CCCN1c1nccs1)C(=O)O. The van der Waals surface area contributed by atoms with Gasteiger partial charge in [-0.3, -0.25) is 4.79 Å². The van der Waals surface area contributed by atoms with Gasteiger partial charge in [0.15, 0.2) is 10.7 Å². The first kappa shape index (κ1) is 14.7. The number of hydrogen-bond donors (Lipinski definition) is 3. The second kappa shape index (κ2) is 5.76. The van der Waals surface area contributed by atoms with Crippen LogP contribution in [0.15, 0.2) is 11.6 Å². The lowest BCUT2D eigenvalue weighted by Crippen LogP contribution is -2.51. The monoisotopic (exact) mass is 299 g/mol. The molecule has 1 fully saturated rings. The summed E-state index contributed by atoms with van der Waals surface area (Å²) in [6.07, 6.45) is 3.26. The van der Waals surface area contributed by atoms with Gasteiger partial charge in [-0.2, -0.15) is 0 Å². The smallest absolute Gasteiger partial charge is 0.337 e. The van der Waals surface area contributed by atoms with E-state index in [0.717, 1.165) is 25.0 Å². The summed E-state index contributed by atoms with van der Waals surface area (Å²) in [6, 6.07) is -0.356. The van der Waals surface area contributed by atoms with E-state index in [2.05, 4.69) is 10.3 Å². The zero-order valence-corrected chi connectivity index (χ0v) is 11.9. The molecule has 3 N–H and O–H groups in total. The van der Waals surface area contributed by atoms with Crippen LogP contribution < -0.4 is 10.2 Å². The molecule has 1 amide bonds. The van der Waals surface area contributed by atoms with Crippen LogP contribution in [-0.2, 0) is 9.59 Å². The molecule has 2 rings (SSSR count). The van der Waals surface area contributed by atoms with Crippen molar-refractivity contribution < 1.29 is 19.8 Å². The minimum absolute atomic E-state index is 0.278. The summed E-state index contributed by atoms with van der Waals surface area (Å²) in [5.74, 6) is -1.64. The van der Waals surface area contributed by atoms with Gasteiger partial charge >= 0.3 is 5.97 Å². The van der Waals surface area contributed by atoms with Gasteiger partial charge in [-0.25, -0.2) is 9.78 Å². The van der Waals surface area contributed by atoms with Crippen molar-refractivity contribution in [3.05, 3.63) is 11.6 Å². The van der Waals surface area contributed by atoms with E-state index >= 15 is 0 Å². The van der Waals surface area contributed by atoms with Crippen LogP contribution in [0.1, 0.15) is 19.8 Å². The van der Waals surface area contributed by atoms with E-state index in [1.54, 1.807) is 6.20 Å². The molecule has 0 aliphatic carbocycles. The van der Waals surface area contributed by atoms with Gasteiger partial charge < -0.3 is 20.4 Å². The van der Waals surface area contributed by atoms with Crippen LogP contribution in [0.4, 0.5) is 5.13 Å².